The number of carbonyl (C=O) groups is 2. The zero-order valence-corrected chi connectivity index (χ0v) is 30.5. The molecule has 2 N–H and O–H groups in total. The SMILES string of the molecule is CNC(=O)c1ccccc1Sc1ccc2c(/C=C/c3ccccn3)nn(P(=O)(N[C@@H](C)C(=O)OC)Oc3cccc4c3c3ccccc3n4C)c2c1. The van der Waals surface area contributed by atoms with Gasteiger partial charge in [0.1, 0.15) is 11.8 Å². The maximum Gasteiger partial charge on any atom is 0.440 e. The van der Waals surface area contributed by atoms with Crippen LogP contribution in [0.5, 0.6) is 5.75 Å². The number of ether oxygens (including phenoxy) is 1. The molecule has 0 aliphatic heterocycles. The molecule has 0 radical (unpaired) electrons. The highest BCUT2D eigenvalue weighted by Crippen LogP contribution is 2.50. The summed E-state index contributed by atoms with van der Waals surface area (Å²) >= 11 is 1.39. The van der Waals surface area contributed by atoms with Gasteiger partial charge in [-0.15, -0.1) is 0 Å². The van der Waals surface area contributed by atoms with E-state index in [1.54, 1.807) is 38.4 Å². The number of aromatic nitrogens is 4. The average molecular weight is 731 g/mol. The molecule has 0 spiro atoms. The molecule has 262 valence electrons. The average Bonchev–Trinajstić information content (AvgIpc) is 3.69. The van der Waals surface area contributed by atoms with Crippen molar-refractivity contribution in [1.29, 1.82) is 0 Å². The summed E-state index contributed by atoms with van der Waals surface area (Å²) in [5.74, 6) is -0.486. The van der Waals surface area contributed by atoms with Gasteiger partial charge in [0.05, 0.1) is 40.5 Å². The van der Waals surface area contributed by atoms with E-state index in [1.807, 2.05) is 104 Å². The molecule has 0 saturated carbocycles. The Labute approximate surface area is 304 Å². The van der Waals surface area contributed by atoms with Crippen LogP contribution in [0, 0.1) is 0 Å². The zero-order chi connectivity index (χ0) is 36.4. The van der Waals surface area contributed by atoms with Gasteiger partial charge in [0.2, 0.25) is 0 Å². The molecular formula is C39H35N6O5PS. The molecule has 0 aliphatic rings. The molecule has 2 atom stereocenters. The lowest BCUT2D eigenvalue weighted by molar-refractivity contribution is -0.142. The lowest BCUT2D eigenvalue weighted by atomic mass is 10.1. The first-order valence-electron chi connectivity index (χ1n) is 16.4. The molecule has 4 aromatic carbocycles. The van der Waals surface area contributed by atoms with Crippen molar-refractivity contribution in [2.75, 3.05) is 14.2 Å². The fraction of sp³-hybridized carbons (Fsp3) is 0.128. The first-order valence-corrected chi connectivity index (χ1v) is 18.8. The number of fused-ring (bicyclic) bond motifs is 4. The fourth-order valence-electron chi connectivity index (χ4n) is 6.11. The molecule has 0 fully saturated rings. The first kappa shape index (κ1) is 34.8. The van der Waals surface area contributed by atoms with Crippen molar-refractivity contribution < 1.29 is 23.4 Å². The van der Waals surface area contributed by atoms with Crippen molar-refractivity contribution in [3.63, 3.8) is 0 Å². The summed E-state index contributed by atoms with van der Waals surface area (Å²) in [6.45, 7) is 1.56. The smallest absolute Gasteiger partial charge is 0.440 e. The molecule has 13 heteroatoms. The molecule has 0 aliphatic carbocycles. The Morgan fingerprint density at radius 1 is 0.885 bits per heavy atom. The second-order valence-electron chi connectivity index (χ2n) is 11.9. The fourth-order valence-corrected chi connectivity index (χ4v) is 9.01. The predicted octanol–water partition coefficient (Wildman–Crippen LogP) is 7.94. The van der Waals surface area contributed by atoms with Crippen molar-refractivity contribution in [3.05, 3.63) is 126 Å². The van der Waals surface area contributed by atoms with Crippen molar-refractivity contribution in [2.45, 2.75) is 22.8 Å². The quantitative estimate of drug-likeness (QED) is 0.101. The lowest BCUT2D eigenvalue weighted by Crippen LogP contribution is -2.36. The second-order valence-corrected chi connectivity index (χ2v) is 14.9. The molecule has 1 unspecified atom stereocenters. The van der Waals surface area contributed by atoms with Gasteiger partial charge in [0.25, 0.3) is 5.91 Å². The van der Waals surface area contributed by atoms with Gasteiger partial charge < -0.3 is 19.1 Å². The standard InChI is InChI=1S/C39H35N6O5PS/c1-25(39(47)49-4)43-51(48,50-35-17-11-16-33-37(35)29-13-5-7-15-32(29)44(33)3)45-34-24-27(52-36-18-8-6-14-30(36)38(46)40-2)20-21-28(34)31(42-45)22-19-26-12-9-10-23-41-26/h5-25H,1-4H3,(H,40,46)(H,43,48)/b22-19+/t25-,51?/m0/s1. The van der Waals surface area contributed by atoms with E-state index in [1.165, 1.54) is 23.3 Å². The number of amides is 1. The van der Waals surface area contributed by atoms with Gasteiger partial charge in [-0.1, -0.05) is 54.2 Å². The van der Waals surface area contributed by atoms with Crippen LogP contribution in [0.25, 0.3) is 44.9 Å². The van der Waals surface area contributed by atoms with E-state index in [0.717, 1.165) is 31.6 Å². The van der Waals surface area contributed by atoms with Gasteiger partial charge in [0.15, 0.2) is 0 Å². The third kappa shape index (κ3) is 6.59. The van der Waals surface area contributed by atoms with E-state index in [2.05, 4.69) is 20.0 Å². The van der Waals surface area contributed by atoms with Crippen molar-refractivity contribution in [3.8, 4) is 5.75 Å². The largest absolute Gasteiger partial charge is 0.468 e. The number of nitrogens with one attached hydrogen (secondary N) is 2. The summed E-state index contributed by atoms with van der Waals surface area (Å²) in [4.78, 5) is 31.4. The van der Waals surface area contributed by atoms with E-state index in [-0.39, 0.29) is 5.91 Å². The highest BCUT2D eigenvalue weighted by molar-refractivity contribution is 7.99. The predicted molar refractivity (Wildman–Crippen MR) is 206 cm³/mol. The van der Waals surface area contributed by atoms with Crippen molar-refractivity contribution in [2.24, 2.45) is 7.05 Å². The summed E-state index contributed by atoms with van der Waals surface area (Å²) in [6.07, 6.45) is 5.32. The maximum atomic E-state index is 15.6. The Hall–Kier alpha value is -5.68. The molecule has 7 aromatic rings. The van der Waals surface area contributed by atoms with E-state index < -0.39 is 19.7 Å². The summed E-state index contributed by atoms with van der Waals surface area (Å²) in [5.41, 5.74) is 4.06. The molecule has 1 amide bonds. The summed E-state index contributed by atoms with van der Waals surface area (Å²) in [6, 6.07) is 31.0. The van der Waals surface area contributed by atoms with Gasteiger partial charge in [-0.05, 0) is 79.7 Å². The summed E-state index contributed by atoms with van der Waals surface area (Å²) < 4.78 is 30.6. The zero-order valence-electron chi connectivity index (χ0n) is 28.8. The summed E-state index contributed by atoms with van der Waals surface area (Å²) in [5, 5.41) is 12.9. The Balaban J connectivity index is 1.43. The number of pyridine rings is 1. The Kier molecular flexibility index (Phi) is 9.70. The Bertz CT molecular complexity index is 2550. The third-order valence-corrected chi connectivity index (χ3v) is 11.7. The van der Waals surface area contributed by atoms with Crippen LogP contribution in [0.3, 0.4) is 0 Å². The minimum Gasteiger partial charge on any atom is -0.468 e. The number of methoxy groups -OCH3 is 1. The van der Waals surface area contributed by atoms with Crippen LogP contribution in [0.15, 0.2) is 119 Å². The van der Waals surface area contributed by atoms with Crippen LogP contribution in [0.1, 0.15) is 28.7 Å². The number of nitrogens with zero attached hydrogens (tertiary/aromatic N) is 4. The number of para-hydroxylation sites is 1. The number of esters is 1. The van der Waals surface area contributed by atoms with Crippen LogP contribution >= 0.6 is 19.4 Å². The molecule has 0 bridgehead atoms. The van der Waals surface area contributed by atoms with Gasteiger partial charge in [-0.2, -0.15) is 9.55 Å². The van der Waals surface area contributed by atoms with Crippen LogP contribution in [0.4, 0.5) is 0 Å². The summed E-state index contributed by atoms with van der Waals surface area (Å²) in [7, 11) is 0.508. The number of hydrogen-bond acceptors (Lipinski definition) is 8. The normalized spacial score (nSPS) is 13.4. The Morgan fingerprint density at radius 3 is 2.44 bits per heavy atom. The second kappa shape index (κ2) is 14.5. The number of aryl methyl sites for hydroxylation is 1. The molecule has 52 heavy (non-hydrogen) atoms. The van der Waals surface area contributed by atoms with E-state index in [0.29, 0.717) is 33.6 Å². The highest BCUT2D eigenvalue weighted by Gasteiger charge is 2.36. The molecule has 3 aromatic heterocycles. The van der Waals surface area contributed by atoms with Gasteiger partial charge in [0, 0.05) is 46.4 Å². The number of benzene rings is 4. The van der Waals surface area contributed by atoms with Crippen molar-refractivity contribution >= 4 is 76.2 Å². The van der Waals surface area contributed by atoms with Crippen LogP contribution in [0.2, 0.25) is 0 Å². The van der Waals surface area contributed by atoms with Gasteiger partial charge in [-0.3, -0.25) is 14.6 Å². The van der Waals surface area contributed by atoms with Crippen LogP contribution < -0.4 is 14.9 Å². The van der Waals surface area contributed by atoms with Gasteiger partial charge >= 0.3 is 13.6 Å². The maximum absolute atomic E-state index is 15.6. The monoisotopic (exact) mass is 730 g/mol. The number of hydrogen-bond donors (Lipinski definition) is 2. The first-order chi connectivity index (χ1) is 25.2. The number of carbonyl (C=O) groups excluding carboxylic acids is 2. The Morgan fingerprint density at radius 2 is 1.65 bits per heavy atom. The number of rotatable bonds is 11. The minimum absolute atomic E-state index is 0.210. The van der Waals surface area contributed by atoms with Crippen molar-refractivity contribution in [1.82, 2.24) is 29.5 Å². The van der Waals surface area contributed by atoms with E-state index in [9.17, 15) is 9.59 Å². The molecular weight excluding hydrogens is 696 g/mol. The van der Waals surface area contributed by atoms with Crippen LogP contribution in [-0.2, 0) is 21.1 Å². The molecule has 0 saturated heterocycles. The molecule has 11 nitrogen and oxygen atoms in total. The van der Waals surface area contributed by atoms with Crippen LogP contribution in [-0.4, -0.2) is 51.2 Å². The topological polar surface area (TPSA) is 129 Å². The third-order valence-electron chi connectivity index (χ3n) is 8.63. The highest BCUT2D eigenvalue weighted by atomic mass is 32.2. The van der Waals surface area contributed by atoms with E-state index >= 15 is 4.57 Å². The van der Waals surface area contributed by atoms with E-state index in [4.69, 9.17) is 14.4 Å². The van der Waals surface area contributed by atoms with Gasteiger partial charge in [-0.25, -0.2) is 9.65 Å². The molecule has 3 heterocycles. The lowest BCUT2D eigenvalue weighted by Gasteiger charge is -2.24. The minimum atomic E-state index is -4.32. The molecule has 7 rings (SSSR count).